The van der Waals surface area contributed by atoms with Gasteiger partial charge in [-0.2, -0.15) is 0 Å². The summed E-state index contributed by atoms with van der Waals surface area (Å²) in [4.78, 5) is 17.6. The highest BCUT2D eigenvalue weighted by atomic mass is 16.5. The van der Waals surface area contributed by atoms with Crippen LogP contribution in [0.4, 0.5) is 0 Å². The summed E-state index contributed by atoms with van der Waals surface area (Å²) in [5.74, 6) is 2.38. The molecule has 21 heavy (non-hydrogen) atoms. The Labute approximate surface area is 125 Å². The molecule has 4 aliphatic heterocycles. The number of piperidine rings is 2. The molecule has 1 aromatic rings. The average Bonchev–Trinajstić information content (AvgIpc) is 2.70. The van der Waals surface area contributed by atoms with Crippen molar-refractivity contribution in [1.29, 1.82) is 0 Å². The van der Waals surface area contributed by atoms with Gasteiger partial charge in [-0.3, -0.25) is 4.79 Å². The summed E-state index contributed by atoms with van der Waals surface area (Å²) in [6.45, 7) is 4.40. The lowest BCUT2D eigenvalue weighted by Gasteiger charge is -2.41. The quantitative estimate of drug-likeness (QED) is 0.832. The summed E-state index contributed by atoms with van der Waals surface area (Å²) in [6, 6.07) is 7.95. The molecule has 1 aromatic carbocycles. The maximum atomic E-state index is 12.9. The van der Waals surface area contributed by atoms with E-state index in [0.29, 0.717) is 12.0 Å². The molecule has 4 atom stereocenters. The number of carbonyl (C=O) groups excluding carboxylic acids is 1. The van der Waals surface area contributed by atoms with E-state index in [1.807, 2.05) is 24.3 Å². The van der Waals surface area contributed by atoms with Gasteiger partial charge in [-0.25, -0.2) is 0 Å². The van der Waals surface area contributed by atoms with Gasteiger partial charge in [0.1, 0.15) is 5.75 Å². The van der Waals surface area contributed by atoms with Crippen LogP contribution in [-0.4, -0.2) is 55.0 Å². The first-order valence-electron chi connectivity index (χ1n) is 7.90. The van der Waals surface area contributed by atoms with Gasteiger partial charge in [0.15, 0.2) is 0 Å². The molecule has 0 saturated carbocycles. The van der Waals surface area contributed by atoms with Gasteiger partial charge in [0.05, 0.1) is 7.11 Å². The summed E-state index contributed by atoms with van der Waals surface area (Å²) >= 11 is 0. The van der Waals surface area contributed by atoms with E-state index in [9.17, 15) is 4.79 Å². The third-order valence-electron chi connectivity index (χ3n) is 5.25. The van der Waals surface area contributed by atoms with Crippen LogP contribution in [0.1, 0.15) is 23.2 Å². The van der Waals surface area contributed by atoms with Crippen molar-refractivity contribution in [1.82, 2.24) is 9.80 Å². The zero-order chi connectivity index (χ0) is 14.4. The smallest absolute Gasteiger partial charge is 0.254 e. The number of hydrogen-bond acceptors (Lipinski definition) is 3. The number of amides is 1. The van der Waals surface area contributed by atoms with Crippen LogP contribution in [0.3, 0.4) is 0 Å². The fourth-order valence-electron chi connectivity index (χ4n) is 4.46. The SMILES string of the molecule is COc1cccc(C(=O)N2CC3CC4CC2CN(C4)C3)c1. The second kappa shape index (κ2) is 5.02. The molecule has 4 unspecified atom stereocenters. The first-order chi connectivity index (χ1) is 10.2. The molecule has 112 valence electrons. The van der Waals surface area contributed by atoms with Crippen molar-refractivity contribution in [3.8, 4) is 5.75 Å². The largest absolute Gasteiger partial charge is 0.497 e. The molecule has 4 bridgehead atoms. The monoisotopic (exact) mass is 286 g/mol. The maximum absolute atomic E-state index is 12.9. The minimum atomic E-state index is 0.174. The first kappa shape index (κ1) is 13.1. The van der Waals surface area contributed by atoms with Crippen molar-refractivity contribution >= 4 is 5.91 Å². The van der Waals surface area contributed by atoms with Crippen LogP contribution < -0.4 is 4.74 Å². The summed E-state index contributed by atoms with van der Waals surface area (Å²) in [5, 5.41) is 0. The Morgan fingerprint density at radius 1 is 1.14 bits per heavy atom. The molecule has 1 amide bonds. The van der Waals surface area contributed by atoms with Crippen molar-refractivity contribution in [2.75, 3.05) is 33.3 Å². The minimum Gasteiger partial charge on any atom is -0.497 e. The van der Waals surface area contributed by atoms with Crippen LogP contribution in [-0.2, 0) is 0 Å². The van der Waals surface area contributed by atoms with Crippen molar-refractivity contribution < 1.29 is 9.53 Å². The third kappa shape index (κ3) is 2.31. The van der Waals surface area contributed by atoms with Crippen LogP contribution >= 0.6 is 0 Å². The van der Waals surface area contributed by atoms with Crippen LogP contribution in [0.5, 0.6) is 5.75 Å². The van der Waals surface area contributed by atoms with Gasteiger partial charge in [0, 0.05) is 37.8 Å². The van der Waals surface area contributed by atoms with Gasteiger partial charge in [0.25, 0.3) is 5.91 Å². The van der Waals surface area contributed by atoms with Crippen molar-refractivity contribution in [3.05, 3.63) is 29.8 Å². The summed E-state index contributed by atoms with van der Waals surface area (Å²) in [6.07, 6.45) is 2.48. The number of ether oxygens (including phenoxy) is 1. The third-order valence-corrected chi connectivity index (χ3v) is 5.25. The molecule has 4 nitrogen and oxygen atoms in total. The van der Waals surface area contributed by atoms with Crippen LogP contribution in [0.25, 0.3) is 0 Å². The highest BCUT2D eigenvalue weighted by Gasteiger charge is 2.43. The normalized spacial score (nSPS) is 33.9. The zero-order valence-electron chi connectivity index (χ0n) is 12.5. The number of rotatable bonds is 2. The zero-order valence-corrected chi connectivity index (χ0v) is 12.5. The lowest BCUT2D eigenvalue weighted by Crippen LogP contribution is -2.50. The van der Waals surface area contributed by atoms with E-state index >= 15 is 0 Å². The molecule has 4 heterocycles. The highest BCUT2D eigenvalue weighted by Crippen LogP contribution is 2.37. The lowest BCUT2D eigenvalue weighted by atomic mass is 9.84. The van der Waals surface area contributed by atoms with Gasteiger partial charge in [-0.05, 0) is 42.9 Å². The van der Waals surface area contributed by atoms with Crippen LogP contribution in [0.2, 0.25) is 0 Å². The summed E-state index contributed by atoms with van der Waals surface area (Å²) < 4.78 is 5.25. The second-order valence-electron chi connectivity index (χ2n) is 6.77. The maximum Gasteiger partial charge on any atom is 0.254 e. The van der Waals surface area contributed by atoms with Crippen LogP contribution in [0.15, 0.2) is 24.3 Å². The van der Waals surface area contributed by atoms with Gasteiger partial charge >= 0.3 is 0 Å². The molecule has 0 radical (unpaired) electrons. The summed E-state index contributed by atoms with van der Waals surface area (Å²) in [5.41, 5.74) is 0.755. The van der Waals surface area contributed by atoms with Crippen LogP contribution in [0, 0.1) is 11.8 Å². The van der Waals surface area contributed by atoms with E-state index in [2.05, 4.69) is 9.80 Å². The number of fused-ring (bicyclic) bond motifs is 1. The summed E-state index contributed by atoms with van der Waals surface area (Å²) in [7, 11) is 1.64. The Bertz CT molecular complexity index is 545. The van der Waals surface area contributed by atoms with Gasteiger partial charge in [0.2, 0.25) is 0 Å². The predicted octanol–water partition coefficient (Wildman–Crippen LogP) is 1.86. The molecule has 0 N–H and O–H groups in total. The van der Waals surface area contributed by atoms with E-state index < -0.39 is 0 Å². The lowest BCUT2D eigenvalue weighted by molar-refractivity contribution is 0.0573. The topological polar surface area (TPSA) is 32.8 Å². The Kier molecular flexibility index (Phi) is 3.14. The molecule has 0 aliphatic carbocycles. The van der Waals surface area contributed by atoms with Crippen molar-refractivity contribution in [2.45, 2.75) is 18.9 Å². The Morgan fingerprint density at radius 3 is 2.81 bits per heavy atom. The van der Waals surface area contributed by atoms with E-state index in [1.165, 1.54) is 25.9 Å². The number of carbonyl (C=O) groups is 1. The number of methoxy groups -OCH3 is 1. The Morgan fingerprint density at radius 2 is 2.00 bits per heavy atom. The molecular formula is C17H22N2O2. The molecule has 5 rings (SSSR count). The first-order valence-corrected chi connectivity index (χ1v) is 7.90. The fourth-order valence-corrected chi connectivity index (χ4v) is 4.46. The Balaban J connectivity index is 1.61. The Hall–Kier alpha value is -1.55. The molecule has 4 fully saturated rings. The average molecular weight is 286 g/mol. The van der Waals surface area contributed by atoms with E-state index in [4.69, 9.17) is 4.74 Å². The van der Waals surface area contributed by atoms with Gasteiger partial charge in [-0.15, -0.1) is 0 Å². The molecule has 4 heteroatoms. The minimum absolute atomic E-state index is 0.174. The van der Waals surface area contributed by atoms with Crippen molar-refractivity contribution in [3.63, 3.8) is 0 Å². The fraction of sp³-hybridized carbons (Fsp3) is 0.588. The molecule has 4 saturated heterocycles. The van der Waals surface area contributed by atoms with Gasteiger partial charge in [-0.1, -0.05) is 6.07 Å². The second-order valence-corrected chi connectivity index (χ2v) is 6.77. The molecule has 0 spiro atoms. The van der Waals surface area contributed by atoms with E-state index in [0.717, 1.165) is 30.3 Å². The van der Waals surface area contributed by atoms with Gasteiger partial charge < -0.3 is 14.5 Å². The number of hydrogen-bond donors (Lipinski definition) is 0. The van der Waals surface area contributed by atoms with E-state index in [-0.39, 0.29) is 5.91 Å². The molecule has 0 aromatic heterocycles. The number of nitrogens with zero attached hydrogens (tertiary/aromatic N) is 2. The molecular weight excluding hydrogens is 264 g/mol. The highest BCUT2D eigenvalue weighted by molar-refractivity contribution is 5.95. The van der Waals surface area contributed by atoms with Crippen molar-refractivity contribution in [2.24, 2.45) is 11.8 Å². The van der Waals surface area contributed by atoms with E-state index in [1.54, 1.807) is 7.11 Å². The number of benzene rings is 1. The molecule has 4 aliphatic rings. The predicted molar refractivity (Wildman–Crippen MR) is 80.5 cm³/mol. The standard InChI is InChI=1S/C17H22N2O2/c1-21-16-4-2-3-14(7-16)17(20)19-10-13-5-12-6-15(19)11-18(8-12)9-13/h2-4,7,12-13,15H,5-6,8-11H2,1H3.